The normalized spacial score (nSPS) is 15.8. The largest absolute Gasteiger partial charge is 0.379 e. The molecule has 156 valence electrons. The van der Waals surface area contributed by atoms with E-state index in [0.717, 1.165) is 30.0 Å². The molecule has 1 aliphatic rings. The molecular formula is C25H25N5O. The maximum absolute atomic E-state index is 5.62. The molecule has 0 radical (unpaired) electrons. The Hall–Kier alpha value is -3.35. The second kappa shape index (κ2) is 9.20. The minimum Gasteiger partial charge on any atom is -0.379 e. The van der Waals surface area contributed by atoms with Gasteiger partial charge in [-0.3, -0.25) is 4.90 Å². The van der Waals surface area contributed by atoms with Gasteiger partial charge in [-0.2, -0.15) is 0 Å². The van der Waals surface area contributed by atoms with Gasteiger partial charge in [0.1, 0.15) is 6.04 Å². The predicted molar refractivity (Wildman–Crippen MR) is 119 cm³/mol. The van der Waals surface area contributed by atoms with Crippen LogP contribution in [-0.4, -0.2) is 51.4 Å². The molecule has 0 unspecified atom stereocenters. The van der Waals surface area contributed by atoms with Crippen LogP contribution in [0.3, 0.4) is 0 Å². The fourth-order valence-electron chi connectivity index (χ4n) is 4.30. The Morgan fingerprint density at radius 2 is 1.13 bits per heavy atom. The molecule has 1 fully saturated rings. The van der Waals surface area contributed by atoms with Crippen LogP contribution in [0.2, 0.25) is 0 Å². The predicted octanol–water partition coefficient (Wildman–Crippen LogP) is 3.73. The van der Waals surface area contributed by atoms with Crippen molar-refractivity contribution in [2.45, 2.75) is 12.1 Å². The first-order valence-electron chi connectivity index (χ1n) is 10.7. The summed E-state index contributed by atoms with van der Waals surface area (Å²) in [7, 11) is 0. The van der Waals surface area contributed by atoms with Crippen LogP contribution in [0.1, 0.15) is 34.6 Å². The van der Waals surface area contributed by atoms with Crippen LogP contribution in [0.25, 0.3) is 0 Å². The van der Waals surface area contributed by atoms with Crippen molar-refractivity contribution in [3.05, 3.63) is 114 Å². The Morgan fingerprint density at radius 3 is 1.65 bits per heavy atom. The average molecular weight is 412 g/mol. The summed E-state index contributed by atoms with van der Waals surface area (Å²) in [4.78, 5) is 2.41. The van der Waals surface area contributed by atoms with E-state index in [9.17, 15) is 0 Å². The Balaban J connectivity index is 1.64. The fraction of sp³-hybridized carbons (Fsp3) is 0.240. The maximum Gasteiger partial charge on any atom is 0.174 e. The first kappa shape index (κ1) is 19.6. The van der Waals surface area contributed by atoms with Gasteiger partial charge in [-0.25, -0.2) is 4.68 Å². The minimum absolute atomic E-state index is 0.0463. The third-order valence-electron chi connectivity index (χ3n) is 5.76. The van der Waals surface area contributed by atoms with E-state index in [1.165, 1.54) is 5.56 Å². The summed E-state index contributed by atoms with van der Waals surface area (Å²) in [6, 6.07) is 31.2. The maximum atomic E-state index is 5.62. The highest BCUT2D eigenvalue weighted by molar-refractivity contribution is 5.34. The molecule has 0 bridgehead atoms. The highest BCUT2D eigenvalue weighted by Crippen LogP contribution is 2.33. The average Bonchev–Trinajstić information content (AvgIpc) is 3.31. The van der Waals surface area contributed by atoms with Crippen molar-refractivity contribution < 1.29 is 4.74 Å². The molecule has 0 saturated carbocycles. The van der Waals surface area contributed by atoms with E-state index in [2.05, 4.69) is 93.2 Å². The molecule has 0 amide bonds. The molecule has 5 rings (SSSR count). The standard InChI is InChI=1S/C25H25N5O/c1-4-10-20(11-5-1)23(21-12-6-2-7-13-21)30-25(26-27-28-30)24(22-14-8-3-9-15-22)29-16-18-31-19-17-29/h1-15,23-24H,16-19H2/t24-/m1/s1. The lowest BCUT2D eigenvalue weighted by atomic mass is 9.97. The smallest absolute Gasteiger partial charge is 0.174 e. The first-order chi connectivity index (χ1) is 15.4. The number of ether oxygens (including phenoxy) is 1. The summed E-state index contributed by atoms with van der Waals surface area (Å²) < 4.78 is 7.60. The SMILES string of the molecule is c1ccc(C(c2ccccc2)n2nnnc2[C@@H](c2ccccc2)N2CCOCC2)cc1. The van der Waals surface area contributed by atoms with Gasteiger partial charge >= 0.3 is 0 Å². The van der Waals surface area contributed by atoms with Gasteiger partial charge in [0, 0.05) is 13.1 Å². The minimum atomic E-state index is -0.111. The number of benzene rings is 3. The molecule has 1 saturated heterocycles. The van der Waals surface area contributed by atoms with Gasteiger partial charge in [0.25, 0.3) is 0 Å². The number of aromatic nitrogens is 4. The Morgan fingerprint density at radius 1 is 0.645 bits per heavy atom. The molecule has 0 aliphatic carbocycles. The van der Waals surface area contributed by atoms with E-state index in [1.54, 1.807) is 0 Å². The quantitative estimate of drug-likeness (QED) is 0.484. The van der Waals surface area contributed by atoms with Crippen LogP contribution in [-0.2, 0) is 4.74 Å². The third-order valence-corrected chi connectivity index (χ3v) is 5.76. The lowest BCUT2D eigenvalue weighted by Gasteiger charge is -2.34. The molecule has 6 heteroatoms. The van der Waals surface area contributed by atoms with Crippen molar-refractivity contribution in [1.82, 2.24) is 25.1 Å². The molecular weight excluding hydrogens is 386 g/mol. The van der Waals surface area contributed by atoms with Crippen molar-refractivity contribution in [3.63, 3.8) is 0 Å². The number of tetrazole rings is 1. The van der Waals surface area contributed by atoms with Crippen molar-refractivity contribution in [3.8, 4) is 0 Å². The Kier molecular flexibility index (Phi) is 5.82. The summed E-state index contributed by atoms with van der Waals surface area (Å²) >= 11 is 0. The van der Waals surface area contributed by atoms with E-state index in [-0.39, 0.29) is 12.1 Å². The number of rotatable bonds is 6. The van der Waals surface area contributed by atoms with Crippen molar-refractivity contribution in [2.24, 2.45) is 0 Å². The molecule has 0 spiro atoms. The van der Waals surface area contributed by atoms with Gasteiger partial charge in [0.15, 0.2) is 5.82 Å². The highest BCUT2D eigenvalue weighted by atomic mass is 16.5. The fourth-order valence-corrected chi connectivity index (χ4v) is 4.30. The van der Waals surface area contributed by atoms with Gasteiger partial charge in [-0.15, -0.1) is 5.10 Å². The van der Waals surface area contributed by atoms with Gasteiger partial charge in [-0.1, -0.05) is 91.0 Å². The van der Waals surface area contributed by atoms with Crippen molar-refractivity contribution >= 4 is 0 Å². The summed E-state index contributed by atoms with van der Waals surface area (Å²) in [5.41, 5.74) is 3.48. The lowest BCUT2D eigenvalue weighted by molar-refractivity contribution is 0.0215. The summed E-state index contributed by atoms with van der Waals surface area (Å²) in [5, 5.41) is 13.2. The second-order valence-corrected chi connectivity index (χ2v) is 7.67. The first-order valence-corrected chi connectivity index (χ1v) is 10.7. The van der Waals surface area contributed by atoms with E-state index < -0.39 is 0 Å². The zero-order chi connectivity index (χ0) is 20.9. The van der Waals surface area contributed by atoms with Crippen LogP contribution >= 0.6 is 0 Å². The Bertz CT molecular complexity index is 1040. The molecule has 1 aliphatic heterocycles. The zero-order valence-electron chi connectivity index (χ0n) is 17.3. The van der Waals surface area contributed by atoms with Crippen LogP contribution in [0.15, 0.2) is 91.0 Å². The van der Waals surface area contributed by atoms with Crippen LogP contribution in [0.5, 0.6) is 0 Å². The molecule has 4 aromatic rings. The van der Waals surface area contributed by atoms with Crippen LogP contribution in [0, 0.1) is 0 Å². The molecule has 1 aromatic heterocycles. The molecule has 0 N–H and O–H groups in total. The Labute approximate surface area is 182 Å². The molecule has 1 atom stereocenters. The van der Waals surface area contributed by atoms with E-state index >= 15 is 0 Å². The monoisotopic (exact) mass is 411 g/mol. The topological polar surface area (TPSA) is 56.1 Å². The summed E-state index contributed by atoms with van der Waals surface area (Å²) in [6.45, 7) is 3.11. The molecule has 6 nitrogen and oxygen atoms in total. The zero-order valence-corrected chi connectivity index (χ0v) is 17.3. The van der Waals surface area contributed by atoms with E-state index in [0.29, 0.717) is 13.2 Å². The number of nitrogens with zero attached hydrogens (tertiary/aromatic N) is 5. The molecule has 3 aromatic carbocycles. The lowest BCUT2D eigenvalue weighted by Crippen LogP contribution is -2.41. The number of morpholine rings is 1. The number of hydrogen-bond acceptors (Lipinski definition) is 5. The summed E-state index contributed by atoms with van der Waals surface area (Å²) in [5.74, 6) is 0.839. The third kappa shape index (κ3) is 4.13. The van der Waals surface area contributed by atoms with Gasteiger partial charge in [0.2, 0.25) is 0 Å². The van der Waals surface area contributed by atoms with E-state index in [1.807, 2.05) is 22.9 Å². The van der Waals surface area contributed by atoms with Crippen LogP contribution in [0.4, 0.5) is 0 Å². The van der Waals surface area contributed by atoms with E-state index in [4.69, 9.17) is 4.74 Å². The molecule has 31 heavy (non-hydrogen) atoms. The molecule has 2 heterocycles. The second-order valence-electron chi connectivity index (χ2n) is 7.67. The van der Waals surface area contributed by atoms with Gasteiger partial charge in [-0.05, 0) is 27.1 Å². The van der Waals surface area contributed by atoms with Crippen LogP contribution < -0.4 is 0 Å². The highest BCUT2D eigenvalue weighted by Gasteiger charge is 2.32. The summed E-state index contributed by atoms with van der Waals surface area (Å²) in [6.07, 6.45) is 0. The number of hydrogen-bond donors (Lipinski definition) is 0. The van der Waals surface area contributed by atoms with Gasteiger partial charge < -0.3 is 4.74 Å². The van der Waals surface area contributed by atoms with Crippen molar-refractivity contribution in [2.75, 3.05) is 26.3 Å². The van der Waals surface area contributed by atoms with Crippen molar-refractivity contribution in [1.29, 1.82) is 0 Å². The van der Waals surface area contributed by atoms with Gasteiger partial charge in [0.05, 0.1) is 19.3 Å².